The molecule has 106 valence electrons. The van der Waals surface area contributed by atoms with Gasteiger partial charge in [0, 0.05) is 35.3 Å². The smallest absolute Gasteiger partial charge is 0.273 e. The molecule has 0 spiro atoms. The van der Waals surface area contributed by atoms with E-state index in [0.717, 1.165) is 5.56 Å². The summed E-state index contributed by atoms with van der Waals surface area (Å²) in [6.07, 6.45) is 1.64. The van der Waals surface area contributed by atoms with Crippen molar-refractivity contribution in [1.29, 1.82) is 0 Å². The molecule has 0 radical (unpaired) electrons. The summed E-state index contributed by atoms with van der Waals surface area (Å²) in [5.74, 6) is 0.571. The maximum Gasteiger partial charge on any atom is 0.273 e. The average molecular weight is 275 g/mol. The quantitative estimate of drug-likeness (QED) is 0.670. The van der Waals surface area contributed by atoms with Gasteiger partial charge < -0.3 is 9.84 Å². The second kappa shape index (κ2) is 5.83. The van der Waals surface area contributed by atoms with Gasteiger partial charge in [0.2, 0.25) is 0 Å². The van der Waals surface area contributed by atoms with E-state index in [2.05, 4.69) is 10.5 Å². The van der Waals surface area contributed by atoms with Crippen molar-refractivity contribution in [3.63, 3.8) is 0 Å². The summed E-state index contributed by atoms with van der Waals surface area (Å²) in [6, 6.07) is 5.39. The zero-order valence-corrected chi connectivity index (χ0v) is 11.7. The molecule has 1 heterocycles. The van der Waals surface area contributed by atoms with Crippen molar-refractivity contribution in [2.75, 3.05) is 0 Å². The van der Waals surface area contributed by atoms with E-state index in [-0.39, 0.29) is 10.6 Å². The molecule has 6 heteroatoms. The molecule has 2 aromatic rings. The van der Waals surface area contributed by atoms with Crippen LogP contribution in [0.4, 0.5) is 5.69 Å². The van der Waals surface area contributed by atoms with E-state index in [0.29, 0.717) is 29.5 Å². The Morgan fingerprint density at radius 2 is 2.20 bits per heavy atom. The number of aromatic nitrogens is 1. The van der Waals surface area contributed by atoms with Crippen molar-refractivity contribution >= 4 is 5.69 Å². The third-order valence-electron chi connectivity index (χ3n) is 3.01. The summed E-state index contributed by atoms with van der Waals surface area (Å²) < 4.78 is 5.24. The molecule has 0 saturated heterocycles. The van der Waals surface area contributed by atoms with Crippen LogP contribution in [0.2, 0.25) is 0 Å². The van der Waals surface area contributed by atoms with Crippen LogP contribution in [0.15, 0.2) is 28.9 Å². The molecule has 0 aliphatic heterocycles. The molecule has 6 nitrogen and oxygen atoms in total. The monoisotopic (exact) mass is 275 g/mol. The maximum absolute atomic E-state index is 11.0. The third kappa shape index (κ3) is 3.03. The van der Waals surface area contributed by atoms with Crippen LogP contribution in [0, 0.1) is 17.0 Å². The van der Waals surface area contributed by atoms with E-state index in [9.17, 15) is 10.1 Å². The molecule has 0 aliphatic rings. The molecular formula is C14H17N3O3. The van der Waals surface area contributed by atoms with Gasteiger partial charge in [-0.05, 0) is 6.92 Å². The molecule has 0 fully saturated rings. The highest BCUT2D eigenvalue weighted by atomic mass is 16.6. The summed E-state index contributed by atoms with van der Waals surface area (Å²) in [7, 11) is 0. The number of hydrogen-bond donors (Lipinski definition) is 1. The van der Waals surface area contributed by atoms with Gasteiger partial charge in [0.1, 0.15) is 0 Å². The second-order valence-corrected chi connectivity index (χ2v) is 4.97. The van der Waals surface area contributed by atoms with Crippen LogP contribution in [0.5, 0.6) is 0 Å². The number of nitrogens with zero attached hydrogens (tertiary/aromatic N) is 2. The minimum Gasteiger partial charge on any atom is -0.356 e. The molecular weight excluding hydrogens is 258 g/mol. The lowest BCUT2D eigenvalue weighted by Crippen LogP contribution is -2.21. The third-order valence-corrected chi connectivity index (χ3v) is 3.01. The molecule has 20 heavy (non-hydrogen) atoms. The summed E-state index contributed by atoms with van der Waals surface area (Å²) in [5.41, 5.74) is 2.26. The van der Waals surface area contributed by atoms with Crippen LogP contribution in [-0.4, -0.2) is 16.1 Å². The standard InChI is InChI=1S/C14H17N3O3/c1-9(2)15-7-12-8-16-20-14(12)11-5-4-10(3)13(6-11)17(18)19/h4-6,8-9,15H,7H2,1-3H3. The zero-order chi connectivity index (χ0) is 14.7. The summed E-state index contributed by atoms with van der Waals surface area (Å²) in [4.78, 5) is 10.6. The molecule has 0 amide bonds. The number of hydrogen-bond acceptors (Lipinski definition) is 5. The number of nitro benzene ring substituents is 1. The van der Waals surface area contributed by atoms with Gasteiger partial charge in [-0.25, -0.2) is 0 Å². The second-order valence-electron chi connectivity index (χ2n) is 4.97. The number of benzene rings is 1. The molecule has 0 saturated carbocycles. The Hall–Kier alpha value is -2.21. The largest absolute Gasteiger partial charge is 0.356 e. The van der Waals surface area contributed by atoms with Gasteiger partial charge >= 0.3 is 0 Å². The van der Waals surface area contributed by atoms with Crippen molar-refractivity contribution in [3.05, 3.63) is 45.6 Å². The van der Waals surface area contributed by atoms with E-state index in [1.807, 2.05) is 19.9 Å². The predicted molar refractivity (Wildman–Crippen MR) is 75.3 cm³/mol. The Balaban J connectivity index is 2.35. The Labute approximate surface area is 116 Å². The highest BCUT2D eigenvalue weighted by molar-refractivity contribution is 5.65. The summed E-state index contributed by atoms with van der Waals surface area (Å²) in [6.45, 7) is 6.41. The van der Waals surface area contributed by atoms with Crippen molar-refractivity contribution in [2.45, 2.75) is 33.4 Å². The molecule has 1 aromatic heterocycles. The fraction of sp³-hybridized carbons (Fsp3) is 0.357. The molecule has 0 bridgehead atoms. The topological polar surface area (TPSA) is 81.2 Å². The molecule has 2 rings (SSSR count). The van der Waals surface area contributed by atoms with Crippen molar-refractivity contribution in [1.82, 2.24) is 10.5 Å². The Morgan fingerprint density at radius 3 is 2.85 bits per heavy atom. The Kier molecular flexibility index (Phi) is 4.14. The highest BCUT2D eigenvalue weighted by Crippen LogP contribution is 2.29. The minimum absolute atomic E-state index is 0.0849. The van der Waals surface area contributed by atoms with E-state index >= 15 is 0 Å². The number of rotatable bonds is 5. The number of nitro groups is 1. The summed E-state index contributed by atoms with van der Waals surface area (Å²) in [5, 5.41) is 18.1. The lowest BCUT2D eigenvalue weighted by molar-refractivity contribution is -0.385. The minimum atomic E-state index is -0.388. The molecule has 0 atom stereocenters. The lowest BCUT2D eigenvalue weighted by atomic mass is 10.1. The van der Waals surface area contributed by atoms with Gasteiger partial charge in [-0.3, -0.25) is 10.1 Å². The lowest BCUT2D eigenvalue weighted by Gasteiger charge is -2.07. The maximum atomic E-state index is 11.0. The molecule has 1 N–H and O–H groups in total. The van der Waals surface area contributed by atoms with Gasteiger partial charge in [0.25, 0.3) is 5.69 Å². The SMILES string of the molecule is Cc1ccc(-c2oncc2CNC(C)C)cc1[N+](=O)[O-]. The van der Waals surface area contributed by atoms with Crippen molar-refractivity contribution in [3.8, 4) is 11.3 Å². The van der Waals surface area contributed by atoms with E-state index in [1.165, 1.54) is 6.07 Å². The zero-order valence-electron chi connectivity index (χ0n) is 11.7. The van der Waals surface area contributed by atoms with Crippen LogP contribution < -0.4 is 5.32 Å². The normalized spacial score (nSPS) is 11.0. The van der Waals surface area contributed by atoms with Gasteiger partial charge in [0.15, 0.2) is 5.76 Å². The van der Waals surface area contributed by atoms with Gasteiger partial charge in [-0.15, -0.1) is 0 Å². The van der Waals surface area contributed by atoms with E-state index in [4.69, 9.17) is 4.52 Å². The van der Waals surface area contributed by atoms with Crippen LogP contribution >= 0.6 is 0 Å². The van der Waals surface area contributed by atoms with Crippen LogP contribution in [-0.2, 0) is 6.54 Å². The molecule has 0 unspecified atom stereocenters. The fourth-order valence-electron chi connectivity index (χ4n) is 1.89. The highest BCUT2D eigenvalue weighted by Gasteiger charge is 2.16. The van der Waals surface area contributed by atoms with Crippen LogP contribution in [0.1, 0.15) is 25.0 Å². The molecule has 0 aliphatic carbocycles. The number of aryl methyl sites for hydroxylation is 1. The van der Waals surface area contributed by atoms with Crippen LogP contribution in [0.25, 0.3) is 11.3 Å². The van der Waals surface area contributed by atoms with Gasteiger partial charge in [-0.2, -0.15) is 0 Å². The first-order valence-electron chi connectivity index (χ1n) is 6.41. The predicted octanol–water partition coefficient (Wildman–Crippen LogP) is 3.06. The first-order chi connectivity index (χ1) is 9.49. The van der Waals surface area contributed by atoms with Crippen molar-refractivity contribution in [2.24, 2.45) is 0 Å². The van der Waals surface area contributed by atoms with Gasteiger partial charge in [-0.1, -0.05) is 31.1 Å². The fourth-order valence-corrected chi connectivity index (χ4v) is 1.89. The molecule has 1 aromatic carbocycles. The van der Waals surface area contributed by atoms with E-state index < -0.39 is 0 Å². The van der Waals surface area contributed by atoms with Crippen molar-refractivity contribution < 1.29 is 9.45 Å². The average Bonchev–Trinajstić information content (AvgIpc) is 2.85. The first-order valence-corrected chi connectivity index (χ1v) is 6.41. The first kappa shape index (κ1) is 14.2. The Bertz CT molecular complexity index is 620. The summed E-state index contributed by atoms with van der Waals surface area (Å²) >= 11 is 0. The van der Waals surface area contributed by atoms with E-state index in [1.54, 1.807) is 19.2 Å². The number of nitrogens with one attached hydrogen (secondary N) is 1. The van der Waals surface area contributed by atoms with Gasteiger partial charge in [0.05, 0.1) is 11.1 Å². The Morgan fingerprint density at radius 1 is 1.45 bits per heavy atom. The van der Waals surface area contributed by atoms with Crippen LogP contribution in [0.3, 0.4) is 0 Å².